The van der Waals surface area contributed by atoms with Gasteiger partial charge in [0, 0.05) is 27.3 Å². The van der Waals surface area contributed by atoms with Crippen LogP contribution in [0.3, 0.4) is 0 Å². The molecule has 1 fully saturated rings. The summed E-state index contributed by atoms with van der Waals surface area (Å²) in [6.45, 7) is -2.75. The number of anilines is 1. The van der Waals surface area contributed by atoms with E-state index in [-0.39, 0.29) is 28.0 Å². The van der Waals surface area contributed by atoms with Crippen molar-refractivity contribution in [2.24, 2.45) is 5.92 Å². The standard InChI is InChI=1S/C26H25Cl2F2N2O7S2/c1-41(35,36)31-17-5-7-18(8-6-17)40-26(33)39-23(11-19-20(27)12-32(34)13-21(19)28)16-4-9-22(38-25(29)30)24(10-16)37-14-15-2-3-15/h4-10,12-13,15,23,25,31,34H,2-3,11,14H2,1H3/q+1/t23-/m0/s1. The fourth-order valence-electron chi connectivity index (χ4n) is 3.71. The molecule has 0 radical (unpaired) electrons. The van der Waals surface area contributed by atoms with Crippen molar-refractivity contribution in [3.63, 3.8) is 0 Å². The van der Waals surface area contributed by atoms with Crippen molar-refractivity contribution in [2.75, 3.05) is 17.6 Å². The zero-order chi connectivity index (χ0) is 29.7. The van der Waals surface area contributed by atoms with Crippen LogP contribution < -0.4 is 18.9 Å². The van der Waals surface area contributed by atoms with E-state index in [9.17, 15) is 27.2 Å². The van der Waals surface area contributed by atoms with Crippen molar-refractivity contribution in [3.05, 3.63) is 76.0 Å². The Balaban J connectivity index is 1.60. The molecule has 15 heteroatoms. The SMILES string of the molecule is CS(=O)(=O)Nc1ccc(SC(=O)O[C@@H](Cc2c(Cl)c[n+](O)cc2Cl)c2ccc(OC(F)F)c(OCC3CC3)c2)cc1. The molecule has 2 aromatic carbocycles. The number of carbonyl (C=O) groups is 1. The van der Waals surface area contributed by atoms with Crippen molar-refractivity contribution in [2.45, 2.75) is 36.9 Å². The Morgan fingerprint density at radius 2 is 1.78 bits per heavy atom. The van der Waals surface area contributed by atoms with Gasteiger partial charge in [0.15, 0.2) is 11.5 Å². The van der Waals surface area contributed by atoms with Gasteiger partial charge in [0.05, 0.1) is 12.9 Å². The normalized spacial score (nSPS) is 14.0. The van der Waals surface area contributed by atoms with Crippen LogP contribution in [0, 0.1) is 5.92 Å². The lowest BCUT2D eigenvalue weighted by Crippen LogP contribution is -2.29. The summed E-state index contributed by atoms with van der Waals surface area (Å²) in [7, 11) is -3.47. The highest BCUT2D eigenvalue weighted by Crippen LogP contribution is 2.38. The number of thioether (sulfide) groups is 1. The summed E-state index contributed by atoms with van der Waals surface area (Å²) >= 11 is 13.4. The maximum atomic E-state index is 13.0. The quantitative estimate of drug-likeness (QED) is 0.0990. The molecule has 1 heterocycles. The lowest BCUT2D eigenvalue weighted by atomic mass is 10.0. The van der Waals surface area contributed by atoms with Crippen LogP contribution in [0.2, 0.25) is 10.0 Å². The van der Waals surface area contributed by atoms with Crippen molar-refractivity contribution < 1.29 is 46.1 Å². The monoisotopic (exact) mass is 649 g/mol. The van der Waals surface area contributed by atoms with Gasteiger partial charge in [-0.15, -0.1) is 0 Å². The zero-order valence-electron chi connectivity index (χ0n) is 21.4. The number of ether oxygens (including phenoxy) is 3. The Hall–Kier alpha value is -3.00. The summed E-state index contributed by atoms with van der Waals surface area (Å²) in [6.07, 6.45) is 4.37. The Labute approximate surface area is 249 Å². The Morgan fingerprint density at radius 3 is 2.37 bits per heavy atom. The molecule has 220 valence electrons. The number of sulfonamides is 1. The van der Waals surface area contributed by atoms with Crippen molar-refractivity contribution >= 4 is 56.0 Å². The molecule has 0 saturated heterocycles. The predicted molar refractivity (Wildman–Crippen MR) is 149 cm³/mol. The molecule has 0 amide bonds. The first-order chi connectivity index (χ1) is 19.4. The van der Waals surface area contributed by atoms with Crippen LogP contribution in [0.15, 0.2) is 59.8 Å². The minimum atomic E-state index is -3.47. The fraction of sp³-hybridized carbons (Fsp3) is 0.308. The number of hydrogen-bond acceptors (Lipinski definition) is 8. The van der Waals surface area contributed by atoms with E-state index in [1.807, 2.05) is 0 Å². The largest absolute Gasteiger partial charge is 0.489 e. The van der Waals surface area contributed by atoms with E-state index in [1.165, 1.54) is 42.7 Å². The van der Waals surface area contributed by atoms with Gasteiger partial charge >= 0.3 is 11.9 Å². The molecule has 1 aromatic heterocycles. The van der Waals surface area contributed by atoms with Crippen molar-refractivity contribution in [3.8, 4) is 11.5 Å². The molecule has 41 heavy (non-hydrogen) atoms. The van der Waals surface area contributed by atoms with E-state index >= 15 is 0 Å². The minimum absolute atomic E-state index is 0.0286. The molecular weight excluding hydrogens is 625 g/mol. The summed E-state index contributed by atoms with van der Waals surface area (Å²) in [5.74, 6) is 0.230. The number of rotatable bonds is 12. The number of nitrogens with zero attached hydrogens (tertiary/aromatic N) is 1. The maximum absolute atomic E-state index is 13.0. The molecule has 9 nitrogen and oxygen atoms in total. The molecule has 0 unspecified atom stereocenters. The molecule has 1 atom stereocenters. The third-order valence-electron chi connectivity index (χ3n) is 5.78. The third-order valence-corrected chi connectivity index (χ3v) is 7.81. The van der Waals surface area contributed by atoms with E-state index in [2.05, 4.69) is 9.46 Å². The fourth-order valence-corrected chi connectivity index (χ4v) is 5.51. The van der Waals surface area contributed by atoms with E-state index in [4.69, 9.17) is 32.7 Å². The van der Waals surface area contributed by atoms with Gasteiger partial charge in [0.2, 0.25) is 22.4 Å². The lowest BCUT2D eigenvalue weighted by molar-refractivity contribution is -0.904. The molecule has 4 rings (SSSR count). The Bertz CT molecular complexity index is 1490. The predicted octanol–water partition coefficient (Wildman–Crippen LogP) is 6.49. The molecular formula is C26H25Cl2F2N2O7S2+. The third kappa shape index (κ3) is 9.52. The Morgan fingerprint density at radius 1 is 1.12 bits per heavy atom. The van der Waals surface area contributed by atoms with Gasteiger partial charge in [-0.3, -0.25) is 9.93 Å². The highest BCUT2D eigenvalue weighted by molar-refractivity contribution is 8.13. The number of aromatic nitrogens is 1. The molecule has 2 N–H and O–H groups in total. The highest BCUT2D eigenvalue weighted by atomic mass is 35.5. The molecule has 3 aromatic rings. The molecule has 1 aliphatic rings. The van der Waals surface area contributed by atoms with Crippen LogP contribution >= 0.6 is 35.0 Å². The van der Waals surface area contributed by atoms with Gasteiger partial charge in [-0.1, -0.05) is 29.3 Å². The molecule has 0 aliphatic heterocycles. The van der Waals surface area contributed by atoms with Gasteiger partial charge in [0.25, 0.3) is 0 Å². The van der Waals surface area contributed by atoms with Gasteiger partial charge in [-0.25, -0.2) is 13.2 Å². The van der Waals surface area contributed by atoms with Gasteiger partial charge in [-0.2, -0.15) is 8.78 Å². The van der Waals surface area contributed by atoms with Crippen LogP contribution in [0.4, 0.5) is 19.3 Å². The number of carbonyl (C=O) groups excluding carboxylic acids is 1. The second-order valence-corrected chi connectivity index (χ2v) is 12.8. The first kappa shape index (κ1) is 30.9. The summed E-state index contributed by atoms with van der Waals surface area (Å²) in [5, 5.41) is 9.23. The van der Waals surface area contributed by atoms with E-state index in [0.29, 0.717) is 39.0 Å². The first-order valence-electron chi connectivity index (χ1n) is 12.1. The second kappa shape index (κ2) is 13.3. The lowest BCUT2D eigenvalue weighted by Gasteiger charge is -2.21. The van der Waals surface area contributed by atoms with Crippen LogP contribution in [0.1, 0.15) is 30.1 Å². The second-order valence-electron chi connectivity index (χ2n) is 9.21. The van der Waals surface area contributed by atoms with Crippen LogP contribution in [-0.2, 0) is 21.2 Å². The number of pyridine rings is 1. The van der Waals surface area contributed by atoms with Crippen molar-refractivity contribution in [1.82, 2.24) is 0 Å². The number of nitrogens with one attached hydrogen (secondary N) is 1. The maximum Gasteiger partial charge on any atom is 0.387 e. The number of benzene rings is 2. The minimum Gasteiger partial charge on any atom is -0.489 e. The van der Waals surface area contributed by atoms with Crippen LogP contribution in [-0.4, -0.2) is 38.4 Å². The average Bonchev–Trinajstić information content (AvgIpc) is 3.69. The van der Waals surface area contributed by atoms with E-state index in [1.54, 1.807) is 12.1 Å². The smallest absolute Gasteiger partial charge is 0.387 e. The Kier molecular flexibility index (Phi) is 10.1. The molecule has 1 aliphatic carbocycles. The summed E-state index contributed by atoms with van der Waals surface area (Å²) in [4.78, 5) is 13.5. The summed E-state index contributed by atoms with van der Waals surface area (Å²) < 4.78 is 68.1. The highest BCUT2D eigenvalue weighted by Gasteiger charge is 2.27. The summed E-state index contributed by atoms with van der Waals surface area (Å²) in [6, 6.07) is 10.3. The van der Waals surface area contributed by atoms with E-state index < -0.39 is 28.0 Å². The topological polar surface area (TPSA) is 115 Å². The molecule has 1 saturated carbocycles. The molecule has 0 spiro atoms. The van der Waals surface area contributed by atoms with Crippen LogP contribution in [0.25, 0.3) is 0 Å². The van der Waals surface area contributed by atoms with Gasteiger partial charge in [-0.05, 0) is 72.5 Å². The van der Waals surface area contributed by atoms with Crippen LogP contribution in [0.5, 0.6) is 11.5 Å². The first-order valence-corrected chi connectivity index (χ1v) is 15.6. The molecule has 0 bridgehead atoms. The summed E-state index contributed by atoms with van der Waals surface area (Å²) in [5.41, 5.74) is 1.08. The van der Waals surface area contributed by atoms with Gasteiger partial charge < -0.3 is 14.2 Å². The number of hydrogen-bond donors (Lipinski definition) is 2. The average molecular weight is 651 g/mol. The van der Waals surface area contributed by atoms with Crippen molar-refractivity contribution in [1.29, 1.82) is 0 Å². The van der Waals surface area contributed by atoms with E-state index in [0.717, 1.165) is 30.9 Å². The van der Waals surface area contributed by atoms with Gasteiger partial charge in [0.1, 0.15) is 16.1 Å². The zero-order valence-corrected chi connectivity index (χ0v) is 24.6. The number of alkyl halides is 2. The number of halogens is 4.